The van der Waals surface area contributed by atoms with Crippen molar-refractivity contribution >= 4 is 17.5 Å². The van der Waals surface area contributed by atoms with Gasteiger partial charge in [-0.1, -0.05) is 25.0 Å². The molecule has 0 bridgehead atoms. The van der Waals surface area contributed by atoms with Gasteiger partial charge in [0.25, 0.3) is 0 Å². The molecule has 2 aliphatic rings. The summed E-state index contributed by atoms with van der Waals surface area (Å²) in [6, 6.07) is 14.7. The summed E-state index contributed by atoms with van der Waals surface area (Å²) in [6.45, 7) is 4.73. The lowest BCUT2D eigenvalue weighted by Crippen LogP contribution is -2.51. The summed E-state index contributed by atoms with van der Waals surface area (Å²) in [6.07, 6.45) is 9.22. The Morgan fingerprint density at radius 2 is 1.88 bits per heavy atom. The van der Waals surface area contributed by atoms with E-state index >= 15 is 0 Å². The number of para-hydroxylation sites is 1. The Bertz CT molecular complexity index is 973. The normalized spacial score (nSPS) is 19.5. The molecule has 7 heteroatoms. The minimum absolute atomic E-state index is 0.279. The van der Waals surface area contributed by atoms with Crippen molar-refractivity contribution in [1.29, 1.82) is 5.26 Å². The van der Waals surface area contributed by atoms with E-state index in [1.54, 1.807) is 0 Å². The molecule has 7 nitrogen and oxygen atoms in total. The number of hydrogen-bond acceptors (Lipinski definition) is 5. The predicted octanol–water partition coefficient (Wildman–Crippen LogP) is 3.67. The van der Waals surface area contributed by atoms with Crippen LogP contribution in [0.4, 0.5) is 11.5 Å². The number of anilines is 2. The molecule has 0 radical (unpaired) electrons. The second-order valence-corrected chi connectivity index (χ2v) is 8.91. The second kappa shape index (κ2) is 11.6. The second-order valence-electron chi connectivity index (χ2n) is 8.91. The van der Waals surface area contributed by atoms with E-state index < -0.39 is 0 Å². The van der Waals surface area contributed by atoms with E-state index in [0.717, 1.165) is 62.0 Å². The van der Waals surface area contributed by atoms with Crippen LogP contribution in [0.1, 0.15) is 49.7 Å². The Morgan fingerprint density at radius 3 is 2.67 bits per heavy atom. The van der Waals surface area contributed by atoms with Crippen molar-refractivity contribution < 1.29 is 0 Å². The first-order valence-corrected chi connectivity index (χ1v) is 12.2. The average molecular weight is 446 g/mol. The van der Waals surface area contributed by atoms with Gasteiger partial charge < -0.3 is 20.4 Å². The van der Waals surface area contributed by atoms with Crippen LogP contribution in [0.5, 0.6) is 0 Å². The van der Waals surface area contributed by atoms with Crippen LogP contribution < -0.4 is 20.4 Å². The van der Waals surface area contributed by atoms with Crippen LogP contribution in [0.3, 0.4) is 0 Å². The van der Waals surface area contributed by atoms with Crippen LogP contribution in [0.15, 0.2) is 47.6 Å². The fourth-order valence-corrected chi connectivity index (χ4v) is 4.77. The number of pyridine rings is 1. The largest absolute Gasteiger partial charge is 0.368 e. The molecule has 0 aliphatic carbocycles. The topological polar surface area (TPSA) is 79.6 Å². The van der Waals surface area contributed by atoms with Gasteiger partial charge in [0.05, 0.1) is 11.3 Å². The Balaban J connectivity index is 1.33. The SMILES string of the molecule is CN=C(NCc1ccnc(N2CCCCCC2)c1)NC1CCCN(c2ccccc2C#N)C1. The van der Waals surface area contributed by atoms with Gasteiger partial charge in [0.2, 0.25) is 0 Å². The lowest BCUT2D eigenvalue weighted by atomic mass is 10.0. The first kappa shape index (κ1) is 22.9. The van der Waals surface area contributed by atoms with Crippen molar-refractivity contribution in [2.75, 3.05) is 43.0 Å². The van der Waals surface area contributed by atoms with E-state index in [0.29, 0.717) is 6.54 Å². The van der Waals surface area contributed by atoms with Gasteiger partial charge in [-0.25, -0.2) is 4.98 Å². The first-order chi connectivity index (χ1) is 16.3. The molecule has 4 rings (SSSR count). The number of hydrogen-bond donors (Lipinski definition) is 2. The average Bonchev–Trinajstić information content (AvgIpc) is 3.16. The maximum Gasteiger partial charge on any atom is 0.191 e. The molecule has 1 aromatic heterocycles. The van der Waals surface area contributed by atoms with E-state index in [1.165, 1.54) is 31.2 Å². The van der Waals surface area contributed by atoms with Gasteiger partial charge in [0, 0.05) is 52.0 Å². The van der Waals surface area contributed by atoms with Gasteiger partial charge in [0.1, 0.15) is 11.9 Å². The number of nitrogens with zero attached hydrogens (tertiary/aromatic N) is 5. The summed E-state index contributed by atoms with van der Waals surface area (Å²) >= 11 is 0. The van der Waals surface area contributed by atoms with Gasteiger partial charge >= 0.3 is 0 Å². The van der Waals surface area contributed by atoms with Gasteiger partial charge in [-0.2, -0.15) is 5.26 Å². The van der Waals surface area contributed by atoms with Gasteiger partial charge in [0.15, 0.2) is 5.96 Å². The molecular formula is C26H35N7. The number of nitriles is 1. The van der Waals surface area contributed by atoms with Crippen molar-refractivity contribution in [2.24, 2.45) is 4.99 Å². The summed E-state index contributed by atoms with van der Waals surface area (Å²) < 4.78 is 0. The maximum atomic E-state index is 9.46. The lowest BCUT2D eigenvalue weighted by molar-refractivity contribution is 0.468. The van der Waals surface area contributed by atoms with Crippen LogP contribution in [0.25, 0.3) is 0 Å². The van der Waals surface area contributed by atoms with E-state index in [-0.39, 0.29) is 6.04 Å². The summed E-state index contributed by atoms with van der Waals surface area (Å²) in [5.41, 5.74) is 2.96. The highest BCUT2D eigenvalue weighted by Gasteiger charge is 2.22. The highest BCUT2D eigenvalue weighted by molar-refractivity contribution is 5.80. The van der Waals surface area contributed by atoms with E-state index in [2.05, 4.69) is 48.6 Å². The number of guanidine groups is 1. The molecular weight excluding hydrogens is 410 g/mol. The summed E-state index contributed by atoms with van der Waals surface area (Å²) in [7, 11) is 1.82. The minimum atomic E-state index is 0.279. The third kappa shape index (κ3) is 6.16. The molecule has 1 unspecified atom stereocenters. The number of aliphatic imine (C=N–C) groups is 1. The molecule has 33 heavy (non-hydrogen) atoms. The number of piperidine rings is 1. The third-order valence-electron chi connectivity index (χ3n) is 6.55. The Morgan fingerprint density at radius 1 is 1.09 bits per heavy atom. The van der Waals surface area contributed by atoms with E-state index in [4.69, 9.17) is 0 Å². The quantitative estimate of drug-likeness (QED) is 0.540. The standard InChI is InChI=1S/C26H35N7/c1-28-26(30-19-21-12-13-29-25(17-21)32-14-6-2-3-7-15-32)31-23-10-8-16-33(20-23)24-11-5-4-9-22(24)18-27/h4-5,9,11-13,17,23H,2-3,6-8,10,14-16,19-20H2,1H3,(H2,28,30,31). The molecule has 1 aromatic carbocycles. The minimum Gasteiger partial charge on any atom is -0.368 e. The van der Waals surface area contributed by atoms with Crippen molar-refractivity contribution in [3.8, 4) is 6.07 Å². The number of nitrogens with one attached hydrogen (secondary N) is 2. The van der Waals surface area contributed by atoms with Gasteiger partial charge in [-0.05, 0) is 55.5 Å². The zero-order chi connectivity index (χ0) is 22.9. The number of benzene rings is 1. The number of aromatic nitrogens is 1. The Hall–Kier alpha value is -3.27. The molecule has 3 heterocycles. The van der Waals surface area contributed by atoms with Crippen LogP contribution >= 0.6 is 0 Å². The smallest absolute Gasteiger partial charge is 0.191 e. The molecule has 2 saturated heterocycles. The fourth-order valence-electron chi connectivity index (χ4n) is 4.77. The molecule has 174 valence electrons. The van der Waals surface area contributed by atoms with Crippen LogP contribution in [-0.2, 0) is 6.54 Å². The molecule has 2 aromatic rings. The molecule has 0 saturated carbocycles. The summed E-state index contributed by atoms with van der Waals surface area (Å²) in [5.74, 6) is 1.89. The summed E-state index contributed by atoms with van der Waals surface area (Å²) in [5, 5.41) is 16.5. The van der Waals surface area contributed by atoms with Crippen molar-refractivity contribution in [3.05, 3.63) is 53.7 Å². The van der Waals surface area contributed by atoms with E-state index in [9.17, 15) is 5.26 Å². The zero-order valence-corrected chi connectivity index (χ0v) is 19.6. The predicted molar refractivity (Wildman–Crippen MR) is 135 cm³/mol. The van der Waals surface area contributed by atoms with Crippen LogP contribution in [0, 0.1) is 11.3 Å². The fraction of sp³-hybridized carbons (Fsp3) is 0.500. The molecule has 2 N–H and O–H groups in total. The number of rotatable bonds is 5. The highest BCUT2D eigenvalue weighted by atomic mass is 15.2. The first-order valence-electron chi connectivity index (χ1n) is 12.2. The third-order valence-corrected chi connectivity index (χ3v) is 6.55. The Kier molecular flexibility index (Phi) is 8.02. The van der Waals surface area contributed by atoms with Gasteiger partial charge in [-0.3, -0.25) is 4.99 Å². The molecule has 0 amide bonds. The molecule has 2 aliphatic heterocycles. The van der Waals surface area contributed by atoms with Gasteiger partial charge in [-0.15, -0.1) is 0 Å². The monoisotopic (exact) mass is 445 g/mol. The molecule has 1 atom stereocenters. The Labute approximate surface area is 197 Å². The van der Waals surface area contributed by atoms with E-state index in [1.807, 2.05) is 37.5 Å². The molecule has 2 fully saturated rings. The zero-order valence-electron chi connectivity index (χ0n) is 19.6. The van der Waals surface area contributed by atoms with Crippen molar-refractivity contribution in [1.82, 2.24) is 15.6 Å². The summed E-state index contributed by atoms with van der Waals surface area (Å²) in [4.78, 5) is 13.8. The van der Waals surface area contributed by atoms with Crippen LogP contribution in [-0.4, -0.2) is 50.2 Å². The lowest BCUT2D eigenvalue weighted by Gasteiger charge is -2.35. The maximum absolute atomic E-state index is 9.46. The molecule has 0 spiro atoms. The van der Waals surface area contributed by atoms with Crippen LogP contribution in [0.2, 0.25) is 0 Å². The van der Waals surface area contributed by atoms with Crippen molar-refractivity contribution in [2.45, 2.75) is 51.1 Å². The van der Waals surface area contributed by atoms with Crippen molar-refractivity contribution in [3.63, 3.8) is 0 Å². The highest BCUT2D eigenvalue weighted by Crippen LogP contribution is 2.23.